The van der Waals surface area contributed by atoms with E-state index in [0.29, 0.717) is 6.42 Å². The molecule has 1 rings (SSSR count). The van der Waals surface area contributed by atoms with Gasteiger partial charge in [-0.25, -0.2) is 0 Å². The number of primary amides is 1. The van der Waals surface area contributed by atoms with Crippen molar-refractivity contribution in [3.63, 3.8) is 0 Å². The highest BCUT2D eigenvalue weighted by atomic mass is 32.2. The number of nitrogens with one attached hydrogen (secondary N) is 2. The number of thioether (sulfide) groups is 1. The van der Waals surface area contributed by atoms with Gasteiger partial charge in [-0.2, -0.15) is 11.8 Å². The van der Waals surface area contributed by atoms with Crippen LogP contribution in [0.4, 0.5) is 0 Å². The summed E-state index contributed by atoms with van der Waals surface area (Å²) in [5.74, 6) is 1.63. The van der Waals surface area contributed by atoms with Crippen molar-refractivity contribution < 1.29 is 9.59 Å². The topological polar surface area (TPSA) is 84.2 Å². The second-order valence-electron chi connectivity index (χ2n) is 5.01. The van der Waals surface area contributed by atoms with Crippen molar-refractivity contribution in [3.8, 4) is 0 Å². The van der Waals surface area contributed by atoms with Crippen molar-refractivity contribution >= 4 is 23.6 Å². The highest BCUT2D eigenvalue weighted by Gasteiger charge is 2.24. The van der Waals surface area contributed by atoms with Crippen molar-refractivity contribution in [2.75, 3.05) is 18.1 Å². The smallest absolute Gasteiger partial charge is 0.222 e. The summed E-state index contributed by atoms with van der Waals surface area (Å²) in [5, 5.41) is 6.15. The van der Waals surface area contributed by atoms with E-state index in [0.717, 1.165) is 18.1 Å². The van der Waals surface area contributed by atoms with Crippen molar-refractivity contribution in [2.24, 2.45) is 5.73 Å². The van der Waals surface area contributed by atoms with Gasteiger partial charge >= 0.3 is 0 Å². The highest BCUT2D eigenvalue weighted by Crippen LogP contribution is 2.12. The highest BCUT2D eigenvalue weighted by molar-refractivity contribution is 7.99. The second-order valence-corrected chi connectivity index (χ2v) is 6.16. The van der Waals surface area contributed by atoms with Crippen molar-refractivity contribution in [2.45, 2.75) is 38.3 Å². The molecule has 98 valence electrons. The molecule has 1 fully saturated rings. The first-order chi connectivity index (χ1) is 7.89. The van der Waals surface area contributed by atoms with E-state index >= 15 is 0 Å². The quantitative estimate of drug-likeness (QED) is 0.641. The maximum Gasteiger partial charge on any atom is 0.222 e. The normalized spacial score (nSPS) is 20.9. The molecule has 0 bridgehead atoms. The first kappa shape index (κ1) is 14.3. The molecule has 2 amide bonds. The number of rotatable bonds is 5. The number of carbonyl (C=O) groups excluding carboxylic acids is 2. The Balaban J connectivity index is 2.34. The Morgan fingerprint density at radius 1 is 1.53 bits per heavy atom. The third-order valence-electron chi connectivity index (χ3n) is 2.52. The average Bonchev–Trinajstić information content (AvgIpc) is 2.15. The molecule has 4 N–H and O–H groups in total. The molecule has 0 aliphatic carbocycles. The summed E-state index contributed by atoms with van der Waals surface area (Å²) in [6.45, 7) is 4.56. The fraction of sp³-hybridized carbons (Fsp3) is 0.818. The van der Waals surface area contributed by atoms with E-state index in [9.17, 15) is 9.59 Å². The van der Waals surface area contributed by atoms with Gasteiger partial charge in [0.2, 0.25) is 11.8 Å². The molecule has 1 saturated heterocycles. The lowest BCUT2D eigenvalue weighted by Gasteiger charge is -2.27. The van der Waals surface area contributed by atoms with Gasteiger partial charge in [-0.1, -0.05) is 0 Å². The summed E-state index contributed by atoms with van der Waals surface area (Å²) in [5.41, 5.74) is 4.57. The van der Waals surface area contributed by atoms with Gasteiger partial charge in [0.25, 0.3) is 0 Å². The first-order valence-corrected chi connectivity index (χ1v) is 6.95. The van der Waals surface area contributed by atoms with E-state index in [1.165, 1.54) is 0 Å². The van der Waals surface area contributed by atoms with E-state index in [1.807, 2.05) is 11.8 Å². The summed E-state index contributed by atoms with van der Waals surface area (Å²) in [4.78, 5) is 22.6. The monoisotopic (exact) mass is 259 g/mol. The van der Waals surface area contributed by atoms with Crippen LogP contribution >= 0.6 is 11.8 Å². The lowest BCUT2D eigenvalue weighted by atomic mass is 10.00. The molecule has 1 heterocycles. The number of amides is 2. The first-order valence-electron chi connectivity index (χ1n) is 5.79. The minimum Gasteiger partial charge on any atom is -0.370 e. The Hall–Kier alpha value is -0.750. The Kier molecular flexibility index (Phi) is 5.27. The second kappa shape index (κ2) is 6.26. The standard InChI is InChI=1S/C11H21N3O2S/c1-11(2,6-9(12)15)14-10(16)5-8-7-17-4-3-13-8/h8,13H,3-7H2,1-2H3,(H2,12,15)(H,14,16). The Morgan fingerprint density at radius 3 is 2.76 bits per heavy atom. The van der Waals surface area contributed by atoms with E-state index in [2.05, 4.69) is 10.6 Å². The van der Waals surface area contributed by atoms with Crippen LogP contribution in [0.15, 0.2) is 0 Å². The Bertz CT molecular complexity index is 288. The fourth-order valence-electron chi connectivity index (χ4n) is 1.88. The van der Waals surface area contributed by atoms with Crippen LogP contribution in [0.5, 0.6) is 0 Å². The van der Waals surface area contributed by atoms with Gasteiger partial charge in [-0.15, -0.1) is 0 Å². The number of carbonyl (C=O) groups is 2. The largest absolute Gasteiger partial charge is 0.370 e. The fourth-order valence-corrected chi connectivity index (χ4v) is 2.83. The number of nitrogens with two attached hydrogens (primary N) is 1. The Morgan fingerprint density at radius 2 is 2.24 bits per heavy atom. The van der Waals surface area contributed by atoms with E-state index < -0.39 is 11.4 Å². The van der Waals surface area contributed by atoms with Crippen LogP contribution in [-0.4, -0.2) is 41.4 Å². The summed E-state index contributed by atoms with van der Waals surface area (Å²) >= 11 is 1.86. The van der Waals surface area contributed by atoms with Gasteiger partial charge in [0, 0.05) is 42.5 Å². The maximum absolute atomic E-state index is 11.8. The van der Waals surface area contributed by atoms with Gasteiger partial charge in [-0.05, 0) is 13.8 Å². The molecule has 6 heteroatoms. The van der Waals surface area contributed by atoms with Gasteiger partial charge in [-0.3, -0.25) is 9.59 Å². The summed E-state index contributed by atoms with van der Waals surface area (Å²) in [7, 11) is 0. The summed E-state index contributed by atoms with van der Waals surface area (Å²) < 4.78 is 0. The van der Waals surface area contributed by atoms with Crippen molar-refractivity contribution in [1.29, 1.82) is 0 Å². The third kappa shape index (κ3) is 5.93. The zero-order valence-corrected chi connectivity index (χ0v) is 11.2. The molecule has 0 saturated carbocycles. The van der Waals surface area contributed by atoms with Gasteiger partial charge in [0.1, 0.15) is 0 Å². The SMILES string of the molecule is CC(C)(CC(N)=O)NC(=O)CC1CSCCN1. The van der Waals surface area contributed by atoms with Gasteiger partial charge < -0.3 is 16.4 Å². The molecule has 1 unspecified atom stereocenters. The number of hydrogen-bond acceptors (Lipinski definition) is 4. The van der Waals surface area contributed by atoms with Crippen LogP contribution in [0.3, 0.4) is 0 Å². The molecule has 0 aromatic heterocycles. The molecule has 0 radical (unpaired) electrons. The molecule has 17 heavy (non-hydrogen) atoms. The zero-order valence-electron chi connectivity index (χ0n) is 10.4. The average molecular weight is 259 g/mol. The minimum absolute atomic E-state index is 0.0312. The van der Waals surface area contributed by atoms with Crippen LogP contribution in [0, 0.1) is 0 Å². The van der Waals surface area contributed by atoms with E-state index in [4.69, 9.17) is 5.73 Å². The molecule has 0 spiro atoms. The van der Waals surface area contributed by atoms with Gasteiger partial charge in [0.05, 0.1) is 0 Å². The van der Waals surface area contributed by atoms with Crippen molar-refractivity contribution in [3.05, 3.63) is 0 Å². The molecule has 1 aliphatic rings. The van der Waals surface area contributed by atoms with Crippen LogP contribution in [0.25, 0.3) is 0 Å². The predicted octanol–water partition coefficient (Wildman–Crippen LogP) is -0.148. The Labute approximate surface area is 106 Å². The maximum atomic E-state index is 11.8. The van der Waals surface area contributed by atoms with Crippen LogP contribution in [0.1, 0.15) is 26.7 Å². The minimum atomic E-state index is -0.565. The lowest BCUT2D eigenvalue weighted by Crippen LogP contribution is -2.49. The molecule has 0 aromatic carbocycles. The zero-order chi connectivity index (χ0) is 12.9. The number of hydrogen-bond donors (Lipinski definition) is 3. The molecule has 0 aromatic rings. The van der Waals surface area contributed by atoms with Crippen LogP contribution in [-0.2, 0) is 9.59 Å². The molecular weight excluding hydrogens is 238 g/mol. The molecule has 5 nitrogen and oxygen atoms in total. The van der Waals surface area contributed by atoms with Crippen LogP contribution < -0.4 is 16.4 Å². The lowest BCUT2D eigenvalue weighted by molar-refractivity contribution is -0.124. The predicted molar refractivity (Wildman–Crippen MR) is 69.8 cm³/mol. The summed E-state index contributed by atoms with van der Waals surface area (Å²) in [6.07, 6.45) is 0.612. The van der Waals surface area contributed by atoms with Crippen LogP contribution in [0.2, 0.25) is 0 Å². The van der Waals surface area contributed by atoms with E-state index in [-0.39, 0.29) is 18.4 Å². The molecule has 1 atom stereocenters. The van der Waals surface area contributed by atoms with Gasteiger partial charge in [0.15, 0.2) is 0 Å². The third-order valence-corrected chi connectivity index (χ3v) is 3.66. The molecule has 1 aliphatic heterocycles. The molecular formula is C11H21N3O2S. The van der Waals surface area contributed by atoms with E-state index in [1.54, 1.807) is 13.8 Å². The summed E-state index contributed by atoms with van der Waals surface area (Å²) in [6, 6.07) is 0.234. The van der Waals surface area contributed by atoms with Crippen molar-refractivity contribution in [1.82, 2.24) is 10.6 Å².